The van der Waals surface area contributed by atoms with Crippen LogP contribution < -0.4 is 19.6 Å². The number of halogens is 1. The summed E-state index contributed by atoms with van der Waals surface area (Å²) >= 11 is 2.15. The van der Waals surface area contributed by atoms with E-state index in [1.807, 2.05) is 43.3 Å². The Morgan fingerprint density at radius 2 is 1.76 bits per heavy atom. The lowest BCUT2D eigenvalue weighted by atomic mass is 10.1. The van der Waals surface area contributed by atoms with Crippen molar-refractivity contribution in [2.75, 3.05) is 7.11 Å². The molecular formula is C27H30IN3O5S. The van der Waals surface area contributed by atoms with Crippen molar-refractivity contribution < 1.29 is 22.7 Å². The molecule has 0 saturated heterocycles. The first-order chi connectivity index (χ1) is 17.6. The first-order valence-corrected chi connectivity index (χ1v) is 14.1. The minimum atomic E-state index is -3.88. The number of amides is 1. The molecule has 8 nitrogen and oxygen atoms in total. The topological polar surface area (TPSA) is 106 Å². The average molecular weight is 636 g/mol. The Hall–Kier alpha value is -2.96. The van der Waals surface area contributed by atoms with Crippen molar-refractivity contribution in [3.8, 4) is 11.5 Å². The van der Waals surface area contributed by atoms with E-state index in [1.165, 1.54) is 18.3 Å². The molecule has 2 N–H and O–H groups in total. The summed E-state index contributed by atoms with van der Waals surface area (Å²) in [5, 5.41) is 4.04. The number of hydrogen-bond acceptors (Lipinski definition) is 6. The van der Waals surface area contributed by atoms with E-state index in [9.17, 15) is 13.2 Å². The lowest BCUT2D eigenvalue weighted by Crippen LogP contribution is -2.48. The average Bonchev–Trinajstić information content (AvgIpc) is 2.87. The molecule has 0 saturated carbocycles. The predicted molar refractivity (Wildman–Crippen MR) is 152 cm³/mol. The van der Waals surface area contributed by atoms with E-state index < -0.39 is 22.0 Å². The maximum Gasteiger partial charge on any atom is 0.258 e. The Morgan fingerprint density at radius 1 is 1.08 bits per heavy atom. The molecule has 0 unspecified atom stereocenters. The highest BCUT2D eigenvalue weighted by atomic mass is 127. The van der Waals surface area contributed by atoms with Crippen LogP contribution in [0.3, 0.4) is 0 Å². The third-order valence-corrected chi connectivity index (χ3v) is 7.69. The molecule has 3 aromatic carbocycles. The summed E-state index contributed by atoms with van der Waals surface area (Å²) in [6.07, 6.45) is 1.47. The van der Waals surface area contributed by atoms with E-state index >= 15 is 0 Å². The molecule has 0 aromatic heterocycles. The number of aryl methyl sites for hydroxylation is 1. The number of carbonyl (C=O) groups is 1. The van der Waals surface area contributed by atoms with Crippen LogP contribution in [0.15, 0.2) is 76.7 Å². The minimum Gasteiger partial charge on any atom is -0.493 e. The Bertz CT molecular complexity index is 1340. The highest BCUT2D eigenvalue weighted by molar-refractivity contribution is 14.1. The smallest absolute Gasteiger partial charge is 0.258 e. The monoisotopic (exact) mass is 635 g/mol. The van der Waals surface area contributed by atoms with Gasteiger partial charge in [0.25, 0.3) is 5.91 Å². The number of hydrogen-bond donors (Lipinski definition) is 2. The highest BCUT2D eigenvalue weighted by Gasteiger charge is 2.28. The van der Waals surface area contributed by atoms with Crippen molar-refractivity contribution in [3.05, 3.63) is 87.0 Å². The molecule has 0 heterocycles. The van der Waals surface area contributed by atoms with Crippen LogP contribution in [-0.4, -0.2) is 33.7 Å². The maximum absolute atomic E-state index is 12.8. The van der Waals surface area contributed by atoms with Gasteiger partial charge >= 0.3 is 0 Å². The zero-order valence-corrected chi connectivity index (χ0v) is 24.0. The molecule has 196 valence electrons. The van der Waals surface area contributed by atoms with E-state index in [1.54, 1.807) is 39.2 Å². The number of ether oxygens (including phenoxy) is 2. The van der Waals surface area contributed by atoms with E-state index in [0.717, 1.165) is 14.7 Å². The fraction of sp³-hybridized carbons (Fsp3) is 0.259. The predicted octanol–water partition coefficient (Wildman–Crippen LogP) is 4.64. The van der Waals surface area contributed by atoms with Crippen LogP contribution in [0.25, 0.3) is 0 Å². The summed E-state index contributed by atoms with van der Waals surface area (Å²) in [4.78, 5) is 12.9. The van der Waals surface area contributed by atoms with Crippen molar-refractivity contribution in [2.45, 2.75) is 38.3 Å². The van der Waals surface area contributed by atoms with Gasteiger partial charge in [-0.3, -0.25) is 4.79 Å². The van der Waals surface area contributed by atoms with E-state index in [2.05, 4.69) is 37.8 Å². The Kier molecular flexibility index (Phi) is 10.1. The number of nitrogens with zero attached hydrogens (tertiary/aromatic N) is 1. The maximum atomic E-state index is 12.8. The molecule has 3 aromatic rings. The normalized spacial score (nSPS) is 12.5. The molecule has 10 heteroatoms. The standard InChI is InChI=1S/C27H30IN3O5S/c1-18(2)25(31-37(33,34)22-12-10-19(3)11-13-22)27(32)30-29-16-21-14-23(28)26(24(15-21)35-4)36-17-20-8-6-5-7-9-20/h5-16,18,25,31H,17H2,1-4H3,(H,30,32)/b29-16-/t25-/m0/s1. The summed E-state index contributed by atoms with van der Waals surface area (Å²) in [5.41, 5.74) is 5.09. The highest BCUT2D eigenvalue weighted by Crippen LogP contribution is 2.34. The number of sulfonamides is 1. The molecule has 0 aliphatic carbocycles. The van der Waals surface area contributed by atoms with Crippen molar-refractivity contribution in [1.82, 2.24) is 10.1 Å². The first-order valence-electron chi connectivity index (χ1n) is 11.6. The molecule has 37 heavy (non-hydrogen) atoms. The summed E-state index contributed by atoms with van der Waals surface area (Å²) in [6.45, 7) is 5.78. The van der Waals surface area contributed by atoms with Crippen molar-refractivity contribution >= 4 is 44.7 Å². The minimum absolute atomic E-state index is 0.0938. The van der Waals surface area contributed by atoms with E-state index in [4.69, 9.17) is 9.47 Å². The number of rotatable bonds is 11. The van der Waals surface area contributed by atoms with Gasteiger partial charge in [0.05, 0.1) is 21.8 Å². The van der Waals surface area contributed by atoms with Gasteiger partial charge in [0, 0.05) is 0 Å². The zero-order valence-electron chi connectivity index (χ0n) is 21.1. The van der Waals surface area contributed by atoms with Crippen LogP contribution in [0.2, 0.25) is 0 Å². The molecule has 0 radical (unpaired) electrons. The summed E-state index contributed by atoms with van der Waals surface area (Å²) < 4.78 is 40.3. The SMILES string of the molecule is COc1cc(/C=N\NC(=O)[C@@H](NS(=O)(=O)c2ccc(C)cc2)C(C)C)cc(I)c1OCc1ccccc1. The molecule has 0 fully saturated rings. The summed E-state index contributed by atoms with van der Waals surface area (Å²) in [7, 11) is -2.33. The fourth-order valence-corrected chi connectivity index (χ4v) is 5.49. The van der Waals surface area contributed by atoms with Gasteiger partial charge in [-0.1, -0.05) is 61.9 Å². The number of hydrazone groups is 1. The van der Waals surface area contributed by atoms with Gasteiger partial charge in [0.1, 0.15) is 12.6 Å². The van der Waals surface area contributed by atoms with Gasteiger partial charge in [-0.05, 0) is 70.8 Å². The molecule has 3 rings (SSSR count). The second-order valence-electron chi connectivity index (χ2n) is 8.70. The number of carbonyl (C=O) groups excluding carboxylic acids is 1. The lowest BCUT2D eigenvalue weighted by molar-refractivity contribution is -0.123. The Morgan fingerprint density at radius 3 is 2.38 bits per heavy atom. The Labute approximate surface area is 231 Å². The van der Waals surface area contributed by atoms with Gasteiger partial charge in [-0.25, -0.2) is 13.8 Å². The van der Waals surface area contributed by atoms with Gasteiger partial charge in [-0.2, -0.15) is 9.82 Å². The quantitative estimate of drug-likeness (QED) is 0.182. The van der Waals surface area contributed by atoms with Crippen LogP contribution in [0, 0.1) is 16.4 Å². The van der Waals surface area contributed by atoms with Crippen molar-refractivity contribution in [3.63, 3.8) is 0 Å². The van der Waals surface area contributed by atoms with Crippen molar-refractivity contribution in [2.24, 2.45) is 11.0 Å². The van der Waals surface area contributed by atoms with Gasteiger partial charge < -0.3 is 9.47 Å². The third kappa shape index (κ3) is 8.01. The van der Waals surface area contributed by atoms with Crippen LogP contribution in [0.1, 0.15) is 30.5 Å². The second-order valence-corrected chi connectivity index (χ2v) is 11.6. The molecule has 1 atom stereocenters. The molecule has 0 aliphatic rings. The van der Waals surface area contributed by atoms with E-state index in [-0.39, 0.29) is 10.8 Å². The summed E-state index contributed by atoms with van der Waals surface area (Å²) in [5.74, 6) is 0.268. The Balaban J connectivity index is 1.69. The van der Waals surface area contributed by atoms with E-state index in [0.29, 0.717) is 23.7 Å². The molecule has 0 bridgehead atoms. The molecule has 0 aliphatic heterocycles. The zero-order chi connectivity index (χ0) is 27.0. The second kappa shape index (κ2) is 13.0. The van der Waals surface area contributed by atoms with Crippen LogP contribution in [-0.2, 0) is 21.4 Å². The lowest BCUT2D eigenvalue weighted by Gasteiger charge is -2.20. The number of methoxy groups -OCH3 is 1. The van der Waals surface area contributed by atoms with Gasteiger partial charge in [-0.15, -0.1) is 0 Å². The van der Waals surface area contributed by atoms with Gasteiger partial charge in [0.15, 0.2) is 11.5 Å². The molecule has 1 amide bonds. The van der Waals surface area contributed by atoms with Gasteiger partial charge in [0.2, 0.25) is 10.0 Å². The van der Waals surface area contributed by atoms with Crippen molar-refractivity contribution in [1.29, 1.82) is 0 Å². The fourth-order valence-electron chi connectivity index (χ4n) is 3.37. The largest absolute Gasteiger partial charge is 0.493 e. The molecule has 0 spiro atoms. The summed E-state index contributed by atoms with van der Waals surface area (Å²) in [6, 6.07) is 18.8. The first kappa shape index (κ1) is 28.6. The number of benzene rings is 3. The number of nitrogens with one attached hydrogen (secondary N) is 2. The van der Waals surface area contributed by atoms with Crippen LogP contribution in [0.5, 0.6) is 11.5 Å². The third-order valence-electron chi connectivity index (χ3n) is 5.43. The van der Waals surface area contributed by atoms with Crippen LogP contribution in [0.4, 0.5) is 0 Å². The molecular weight excluding hydrogens is 605 g/mol. The van der Waals surface area contributed by atoms with Crippen LogP contribution >= 0.6 is 22.6 Å².